The zero-order valence-electron chi connectivity index (χ0n) is 17.7. The summed E-state index contributed by atoms with van der Waals surface area (Å²) in [6, 6.07) is 23.0. The van der Waals surface area contributed by atoms with E-state index in [-0.39, 0.29) is 17.6 Å². The highest BCUT2D eigenvalue weighted by Gasteiger charge is 2.40. The van der Waals surface area contributed by atoms with E-state index in [2.05, 4.69) is 5.32 Å². The van der Waals surface area contributed by atoms with Gasteiger partial charge in [-0.05, 0) is 47.7 Å². The lowest BCUT2D eigenvalue weighted by Crippen LogP contribution is -2.37. The first kappa shape index (κ1) is 20.2. The molecule has 1 N–H and O–H groups in total. The number of carbonyl (C=O) groups is 2. The van der Waals surface area contributed by atoms with Crippen LogP contribution in [-0.4, -0.2) is 11.7 Å². The second kappa shape index (κ2) is 8.08. The Bertz CT molecular complexity index is 1240. The van der Waals surface area contributed by atoms with Crippen LogP contribution in [0.4, 0.5) is 15.8 Å². The van der Waals surface area contributed by atoms with Crippen LogP contribution in [0.1, 0.15) is 42.9 Å². The maximum absolute atomic E-state index is 14.2. The Hall–Kier alpha value is -3.73. The number of hydrogen-bond acceptors (Lipinski definition) is 3. The SMILES string of the molecule is CC(=O)N1c2ccccc2NC2=C(C(=O)CC(c3ccccc3)C2)C1c1cccc(F)c1. The molecule has 4 nitrogen and oxygen atoms in total. The van der Waals surface area contributed by atoms with Crippen LogP contribution >= 0.6 is 0 Å². The molecule has 0 radical (unpaired) electrons. The van der Waals surface area contributed by atoms with E-state index >= 15 is 0 Å². The van der Waals surface area contributed by atoms with Gasteiger partial charge in [-0.2, -0.15) is 0 Å². The average Bonchev–Trinajstić information content (AvgIpc) is 2.94. The van der Waals surface area contributed by atoms with Gasteiger partial charge in [0.15, 0.2) is 5.78 Å². The molecule has 2 unspecified atom stereocenters. The molecule has 3 aromatic rings. The zero-order chi connectivity index (χ0) is 22.2. The van der Waals surface area contributed by atoms with Crippen LogP contribution in [0.5, 0.6) is 0 Å². The highest BCUT2D eigenvalue weighted by atomic mass is 19.1. The normalized spacial score (nSPS) is 20.2. The number of allylic oxidation sites excluding steroid dienone is 1. The molecule has 1 amide bonds. The maximum Gasteiger partial charge on any atom is 0.224 e. The van der Waals surface area contributed by atoms with Gasteiger partial charge in [-0.1, -0.05) is 54.6 Å². The molecule has 1 heterocycles. The standard InChI is InChI=1S/C27H23FN2O2/c1-17(31)30-24-13-6-5-12-22(24)29-23-15-20(18-8-3-2-4-9-18)16-25(32)26(23)27(30)19-10-7-11-21(28)14-19/h2-14,20,27,29H,15-16H2,1H3. The third-order valence-corrected chi connectivity index (χ3v) is 6.26. The van der Waals surface area contributed by atoms with Gasteiger partial charge in [0.1, 0.15) is 5.82 Å². The monoisotopic (exact) mass is 426 g/mol. The smallest absolute Gasteiger partial charge is 0.224 e. The van der Waals surface area contributed by atoms with Gasteiger partial charge in [0.2, 0.25) is 5.91 Å². The fraction of sp³-hybridized carbons (Fsp3) is 0.185. The largest absolute Gasteiger partial charge is 0.357 e. The molecule has 32 heavy (non-hydrogen) atoms. The molecule has 1 aliphatic heterocycles. The summed E-state index contributed by atoms with van der Waals surface area (Å²) >= 11 is 0. The summed E-state index contributed by atoms with van der Waals surface area (Å²) in [4.78, 5) is 28.2. The zero-order valence-corrected chi connectivity index (χ0v) is 17.7. The van der Waals surface area contributed by atoms with E-state index in [4.69, 9.17) is 0 Å². The fourth-order valence-electron chi connectivity index (χ4n) is 4.89. The van der Waals surface area contributed by atoms with E-state index in [0.29, 0.717) is 29.7 Å². The fourth-order valence-corrected chi connectivity index (χ4v) is 4.89. The van der Waals surface area contributed by atoms with Gasteiger partial charge in [0.25, 0.3) is 0 Å². The third kappa shape index (κ3) is 3.50. The predicted molar refractivity (Wildman–Crippen MR) is 123 cm³/mol. The molecule has 0 saturated heterocycles. The van der Waals surface area contributed by atoms with Gasteiger partial charge >= 0.3 is 0 Å². The van der Waals surface area contributed by atoms with Crippen LogP contribution in [0.15, 0.2) is 90.1 Å². The number of amides is 1. The van der Waals surface area contributed by atoms with Crippen LogP contribution < -0.4 is 10.2 Å². The van der Waals surface area contributed by atoms with E-state index < -0.39 is 11.9 Å². The summed E-state index contributed by atoms with van der Waals surface area (Å²) in [5.41, 5.74) is 4.45. The Morgan fingerprint density at radius 1 is 0.938 bits per heavy atom. The first-order chi connectivity index (χ1) is 15.5. The third-order valence-electron chi connectivity index (χ3n) is 6.26. The molecule has 160 valence electrons. The predicted octanol–water partition coefficient (Wildman–Crippen LogP) is 5.75. The molecule has 5 rings (SSSR count). The van der Waals surface area contributed by atoms with Crippen molar-refractivity contribution >= 4 is 23.1 Å². The number of Topliss-reactive ketones (excluding diaryl/α,β-unsaturated/α-hetero) is 1. The lowest BCUT2D eigenvalue weighted by molar-refractivity contribution is -0.117. The minimum atomic E-state index is -0.696. The summed E-state index contributed by atoms with van der Waals surface area (Å²) in [5.74, 6) is -0.593. The summed E-state index contributed by atoms with van der Waals surface area (Å²) in [6.07, 6.45) is 0.982. The number of hydrogen-bond donors (Lipinski definition) is 1. The second-order valence-corrected chi connectivity index (χ2v) is 8.32. The maximum atomic E-state index is 14.2. The van der Waals surface area contributed by atoms with E-state index in [1.165, 1.54) is 19.1 Å². The quantitative estimate of drug-likeness (QED) is 0.568. The number of benzene rings is 3. The topological polar surface area (TPSA) is 49.4 Å². The molecule has 0 bridgehead atoms. The summed E-state index contributed by atoms with van der Waals surface area (Å²) in [5, 5.41) is 3.46. The number of nitrogens with zero attached hydrogens (tertiary/aromatic N) is 1. The number of para-hydroxylation sites is 2. The summed E-state index contributed by atoms with van der Waals surface area (Å²) in [6.45, 7) is 1.48. The molecular formula is C27H23FN2O2. The van der Waals surface area contributed by atoms with Gasteiger partial charge in [-0.15, -0.1) is 0 Å². The van der Waals surface area contributed by atoms with Crippen LogP contribution in [0, 0.1) is 5.82 Å². The van der Waals surface area contributed by atoms with E-state index in [9.17, 15) is 14.0 Å². The van der Waals surface area contributed by atoms with E-state index in [0.717, 1.165) is 16.9 Å². The van der Waals surface area contributed by atoms with Crippen molar-refractivity contribution in [2.75, 3.05) is 10.2 Å². The Morgan fingerprint density at radius 2 is 1.66 bits per heavy atom. The number of anilines is 2. The van der Waals surface area contributed by atoms with Crippen molar-refractivity contribution in [1.82, 2.24) is 0 Å². The van der Waals surface area contributed by atoms with Crippen LogP contribution in [0.25, 0.3) is 0 Å². The van der Waals surface area contributed by atoms with Crippen molar-refractivity contribution in [3.63, 3.8) is 0 Å². The Labute approximate surface area is 186 Å². The van der Waals surface area contributed by atoms with E-state index in [1.54, 1.807) is 17.0 Å². The first-order valence-electron chi connectivity index (χ1n) is 10.8. The van der Waals surface area contributed by atoms with Crippen molar-refractivity contribution in [1.29, 1.82) is 0 Å². The molecule has 3 aromatic carbocycles. The molecule has 2 aliphatic rings. The molecule has 0 fully saturated rings. The van der Waals surface area contributed by atoms with E-state index in [1.807, 2.05) is 54.6 Å². The molecule has 2 atom stereocenters. The molecule has 0 spiro atoms. The Balaban J connectivity index is 1.72. The minimum absolute atomic E-state index is 0.0269. The summed E-state index contributed by atoms with van der Waals surface area (Å²) in [7, 11) is 0. The Kier molecular flexibility index (Phi) is 5.10. The highest BCUT2D eigenvalue weighted by molar-refractivity contribution is 6.05. The second-order valence-electron chi connectivity index (χ2n) is 8.32. The molecule has 1 aliphatic carbocycles. The van der Waals surface area contributed by atoms with Gasteiger partial charge in [-0.25, -0.2) is 4.39 Å². The van der Waals surface area contributed by atoms with Crippen LogP contribution in [0.2, 0.25) is 0 Å². The van der Waals surface area contributed by atoms with Gasteiger partial charge < -0.3 is 5.32 Å². The summed E-state index contributed by atoms with van der Waals surface area (Å²) < 4.78 is 14.2. The lowest BCUT2D eigenvalue weighted by atomic mass is 9.78. The number of fused-ring (bicyclic) bond motifs is 1. The number of halogens is 1. The van der Waals surface area contributed by atoms with Gasteiger partial charge in [0, 0.05) is 24.6 Å². The van der Waals surface area contributed by atoms with Crippen LogP contribution in [0.3, 0.4) is 0 Å². The lowest BCUT2D eigenvalue weighted by Gasteiger charge is -2.34. The van der Waals surface area contributed by atoms with Gasteiger partial charge in [-0.3, -0.25) is 14.5 Å². The number of rotatable bonds is 2. The van der Waals surface area contributed by atoms with Gasteiger partial charge in [0.05, 0.1) is 17.4 Å². The number of carbonyl (C=O) groups excluding carboxylic acids is 2. The minimum Gasteiger partial charge on any atom is -0.357 e. The van der Waals surface area contributed by atoms with Crippen molar-refractivity contribution in [2.24, 2.45) is 0 Å². The van der Waals surface area contributed by atoms with Crippen LogP contribution in [-0.2, 0) is 9.59 Å². The average molecular weight is 426 g/mol. The van der Waals surface area contributed by atoms with Crippen molar-refractivity contribution in [3.8, 4) is 0 Å². The van der Waals surface area contributed by atoms with Crippen molar-refractivity contribution in [2.45, 2.75) is 31.7 Å². The molecule has 5 heteroatoms. The van der Waals surface area contributed by atoms with Crippen molar-refractivity contribution < 1.29 is 14.0 Å². The number of nitrogens with one attached hydrogen (secondary N) is 1. The van der Waals surface area contributed by atoms with Crippen molar-refractivity contribution in [3.05, 3.63) is 107 Å². The molecule has 0 saturated carbocycles. The Morgan fingerprint density at radius 3 is 2.41 bits per heavy atom. The molecular weight excluding hydrogens is 403 g/mol. The highest BCUT2D eigenvalue weighted by Crippen LogP contribution is 2.47. The molecule has 0 aromatic heterocycles. The first-order valence-corrected chi connectivity index (χ1v) is 10.8. The number of ketones is 1.